The van der Waals surface area contributed by atoms with Crippen molar-refractivity contribution >= 4 is 11.7 Å². The predicted molar refractivity (Wildman–Crippen MR) is 101 cm³/mol. The van der Waals surface area contributed by atoms with Gasteiger partial charge in [-0.1, -0.05) is 5.21 Å². The fraction of sp³-hybridized carbons (Fsp3) is 0.500. The number of amides is 1. The van der Waals surface area contributed by atoms with Gasteiger partial charge in [0.2, 0.25) is 11.7 Å². The van der Waals surface area contributed by atoms with Gasteiger partial charge in [-0.2, -0.15) is 4.80 Å². The van der Waals surface area contributed by atoms with Crippen molar-refractivity contribution in [3.05, 3.63) is 29.2 Å². The number of aromatic nitrogens is 8. The van der Waals surface area contributed by atoms with Crippen molar-refractivity contribution in [2.75, 3.05) is 5.32 Å². The van der Waals surface area contributed by atoms with E-state index >= 15 is 0 Å². The Bertz CT molecular complexity index is 1000. The molecular formula is C18H23N9O. The summed E-state index contributed by atoms with van der Waals surface area (Å²) in [7, 11) is 0. The topological polar surface area (TPSA) is 116 Å². The summed E-state index contributed by atoms with van der Waals surface area (Å²) in [6.45, 7) is 5.87. The Hall–Kier alpha value is -3.17. The highest BCUT2D eigenvalue weighted by Crippen LogP contribution is 2.30. The molecule has 4 rings (SSSR count). The Morgan fingerprint density at radius 2 is 2.04 bits per heavy atom. The monoisotopic (exact) mass is 381 g/mol. The van der Waals surface area contributed by atoms with E-state index in [9.17, 15) is 4.79 Å². The zero-order valence-electron chi connectivity index (χ0n) is 16.3. The quantitative estimate of drug-likeness (QED) is 0.715. The molecule has 0 fully saturated rings. The lowest BCUT2D eigenvalue weighted by Crippen LogP contribution is -2.20. The Labute approximate surface area is 162 Å². The first-order chi connectivity index (χ1) is 13.5. The van der Waals surface area contributed by atoms with Crippen LogP contribution in [-0.4, -0.2) is 46.1 Å². The second kappa shape index (κ2) is 7.45. The number of anilines is 1. The molecule has 0 spiro atoms. The highest BCUT2D eigenvalue weighted by atomic mass is 16.2. The number of carbonyl (C=O) groups is 1. The van der Waals surface area contributed by atoms with E-state index in [1.807, 2.05) is 27.0 Å². The zero-order chi connectivity index (χ0) is 19.7. The maximum Gasteiger partial charge on any atom is 0.249 e. The molecule has 28 heavy (non-hydrogen) atoms. The molecule has 0 aromatic carbocycles. The third-order valence-corrected chi connectivity index (χ3v) is 4.86. The van der Waals surface area contributed by atoms with Gasteiger partial charge in [-0.15, -0.1) is 15.3 Å². The number of nitrogens with one attached hydrogen (secondary N) is 1. The maximum absolute atomic E-state index is 12.3. The van der Waals surface area contributed by atoms with Crippen molar-refractivity contribution in [3.8, 4) is 11.4 Å². The number of rotatable bonds is 5. The highest BCUT2D eigenvalue weighted by molar-refractivity contribution is 5.89. The highest BCUT2D eigenvalue weighted by Gasteiger charge is 2.21. The lowest BCUT2D eigenvalue weighted by molar-refractivity contribution is -0.117. The second-order valence-corrected chi connectivity index (χ2v) is 7.30. The van der Waals surface area contributed by atoms with E-state index in [0.717, 1.165) is 30.5 Å². The van der Waals surface area contributed by atoms with Gasteiger partial charge in [0, 0.05) is 23.5 Å². The molecular weight excluding hydrogens is 358 g/mol. The van der Waals surface area contributed by atoms with E-state index in [1.165, 1.54) is 22.3 Å². The molecule has 3 aromatic rings. The molecule has 3 aromatic heterocycles. The van der Waals surface area contributed by atoms with Crippen LogP contribution < -0.4 is 5.32 Å². The minimum atomic E-state index is -0.287. The van der Waals surface area contributed by atoms with E-state index in [0.29, 0.717) is 11.6 Å². The van der Waals surface area contributed by atoms with Gasteiger partial charge < -0.3 is 5.32 Å². The second-order valence-electron chi connectivity index (χ2n) is 7.30. The number of hydrogen-bond acceptors (Lipinski definition) is 7. The minimum Gasteiger partial charge on any atom is -0.306 e. The zero-order valence-corrected chi connectivity index (χ0v) is 16.3. The molecule has 1 amide bonds. The number of tetrazole rings is 1. The summed E-state index contributed by atoms with van der Waals surface area (Å²) in [5, 5.41) is 23.2. The van der Waals surface area contributed by atoms with Crippen molar-refractivity contribution in [1.29, 1.82) is 0 Å². The summed E-state index contributed by atoms with van der Waals surface area (Å²) in [5.41, 5.74) is 4.35. The standard InChI is InChI=1S/C18H23N9O/c1-11(2)26-9-15(21-24-26)20-16(28)10-27-23-18(22-25-27)17-12(3)19-8-13-6-4-5-7-14(13)17/h8-9,11H,4-7,10H2,1-3H3,(H,20,28). The Balaban J connectivity index is 1.50. The molecule has 3 heterocycles. The van der Waals surface area contributed by atoms with E-state index in [1.54, 1.807) is 10.9 Å². The molecule has 0 radical (unpaired) electrons. The summed E-state index contributed by atoms with van der Waals surface area (Å²) < 4.78 is 1.68. The van der Waals surface area contributed by atoms with E-state index in [-0.39, 0.29) is 18.5 Å². The smallest absolute Gasteiger partial charge is 0.249 e. The number of nitrogens with zero attached hydrogens (tertiary/aromatic N) is 8. The fourth-order valence-corrected chi connectivity index (χ4v) is 3.42. The minimum absolute atomic E-state index is 0.0525. The number of hydrogen-bond donors (Lipinski definition) is 1. The Kier molecular flexibility index (Phi) is 4.84. The number of carbonyl (C=O) groups excluding carboxylic acids is 1. The summed E-state index contributed by atoms with van der Waals surface area (Å²) in [6.07, 6.45) is 8.00. The van der Waals surface area contributed by atoms with Crippen molar-refractivity contribution < 1.29 is 4.79 Å². The molecule has 0 bridgehead atoms. The van der Waals surface area contributed by atoms with Gasteiger partial charge in [0.25, 0.3) is 0 Å². The van der Waals surface area contributed by atoms with Crippen molar-refractivity contribution in [2.24, 2.45) is 0 Å². The van der Waals surface area contributed by atoms with Crippen LogP contribution in [0.1, 0.15) is 49.6 Å². The molecule has 10 nitrogen and oxygen atoms in total. The molecule has 146 valence electrons. The fourth-order valence-electron chi connectivity index (χ4n) is 3.42. The molecule has 0 atom stereocenters. The third-order valence-electron chi connectivity index (χ3n) is 4.86. The first-order valence-electron chi connectivity index (χ1n) is 9.48. The number of pyridine rings is 1. The molecule has 1 aliphatic rings. The SMILES string of the molecule is Cc1ncc2c(c1-c1nnn(CC(=O)Nc3cn(C(C)C)nn3)n1)CCCC2. The molecule has 0 saturated heterocycles. The van der Waals surface area contributed by atoms with Gasteiger partial charge in [-0.3, -0.25) is 9.78 Å². The lowest BCUT2D eigenvalue weighted by atomic mass is 9.88. The number of fused-ring (bicyclic) bond motifs is 1. The van der Waals surface area contributed by atoms with Crippen molar-refractivity contribution in [1.82, 2.24) is 40.2 Å². The van der Waals surface area contributed by atoms with Gasteiger partial charge in [0.05, 0.1) is 6.20 Å². The molecule has 1 aliphatic carbocycles. The third kappa shape index (κ3) is 3.62. The summed E-state index contributed by atoms with van der Waals surface area (Å²) in [6, 6.07) is 0.173. The van der Waals surface area contributed by atoms with Crippen LogP contribution >= 0.6 is 0 Å². The molecule has 1 N–H and O–H groups in total. The summed E-state index contributed by atoms with van der Waals surface area (Å²) in [4.78, 5) is 18.1. The first kappa shape index (κ1) is 18.2. The van der Waals surface area contributed by atoms with Crippen LogP contribution in [0, 0.1) is 6.92 Å². The van der Waals surface area contributed by atoms with Crippen LogP contribution in [0.4, 0.5) is 5.82 Å². The molecule has 0 unspecified atom stereocenters. The molecule has 0 saturated carbocycles. The van der Waals surface area contributed by atoms with Gasteiger partial charge >= 0.3 is 0 Å². The van der Waals surface area contributed by atoms with Crippen LogP contribution in [-0.2, 0) is 24.2 Å². The van der Waals surface area contributed by atoms with E-state index in [4.69, 9.17) is 0 Å². The van der Waals surface area contributed by atoms with Gasteiger partial charge in [-0.05, 0) is 62.8 Å². The van der Waals surface area contributed by atoms with Crippen LogP contribution in [0.25, 0.3) is 11.4 Å². The van der Waals surface area contributed by atoms with Crippen LogP contribution in [0.2, 0.25) is 0 Å². The lowest BCUT2D eigenvalue weighted by Gasteiger charge is -2.18. The summed E-state index contributed by atoms with van der Waals surface area (Å²) >= 11 is 0. The van der Waals surface area contributed by atoms with Crippen LogP contribution in [0.5, 0.6) is 0 Å². The maximum atomic E-state index is 12.3. The van der Waals surface area contributed by atoms with E-state index in [2.05, 4.69) is 36.0 Å². The number of aryl methyl sites for hydroxylation is 2. The van der Waals surface area contributed by atoms with E-state index < -0.39 is 0 Å². The summed E-state index contributed by atoms with van der Waals surface area (Å²) in [5.74, 6) is 0.628. The van der Waals surface area contributed by atoms with Crippen LogP contribution in [0.15, 0.2) is 12.4 Å². The largest absolute Gasteiger partial charge is 0.306 e. The van der Waals surface area contributed by atoms with Crippen molar-refractivity contribution in [3.63, 3.8) is 0 Å². The predicted octanol–water partition coefficient (Wildman–Crippen LogP) is 1.73. The van der Waals surface area contributed by atoms with Gasteiger partial charge in [-0.25, -0.2) is 4.68 Å². The van der Waals surface area contributed by atoms with Gasteiger partial charge in [0.15, 0.2) is 5.82 Å². The average molecular weight is 381 g/mol. The molecule has 0 aliphatic heterocycles. The Morgan fingerprint density at radius 1 is 1.21 bits per heavy atom. The van der Waals surface area contributed by atoms with Gasteiger partial charge in [0.1, 0.15) is 6.54 Å². The molecule has 10 heteroatoms. The van der Waals surface area contributed by atoms with Crippen molar-refractivity contribution in [2.45, 2.75) is 59.0 Å². The Morgan fingerprint density at radius 3 is 2.82 bits per heavy atom. The first-order valence-corrected chi connectivity index (χ1v) is 9.48. The normalized spacial score (nSPS) is 13.6. The average Bonchev–Trinajstić information content (AvgIpc) is 3.31. The van der Waals surface area contributed by atoms with Crippen LogP contribution in [0.3, 0.4) is 0 Å².